The van der Waals surface area contributed by atoms with Crippen LogP contribution >= 0.6 is 0 Å². The molecule has 0 radical (unpaired) electrons. The maximum atomic E-state index is 13.8. The zero-order chi connectivity index (χ0) is 24.0. The quantitative estimate of drug-likeness (QED) is 0.474. The molecule has 0 saturated carbocycles. The van der Waals surface area contributed by atoms with Crippen molar-refractivity contribution >= 4 is 9.84 Å². The van der Waals surface area contributed by atoms with E-state index in [1.54, 1.807) is 12.1 Å². The third-order valence-corrected chi connectivity index (χ3v) is 8.28. The maximum absolute atomic E-state index is 13.8. The molecule has 0 spiro atoms. The molecule has 180 valence electrons. The van der Waals surface area contributed by atoms with Gasteiger partial charge in [-0.15, -0.1) is 0 Å². The number of ether oxygens (including phenoxy) is 3. The van der Waals surface area contributed by atoms with Crippen LogP contribution in [0.2, 0.25) is 0 Å². The Morgan fingerprint density at radius 1 is 0.882 bits per heavy atom. The lowest BCUT2D eigenvalue weighted by Gasteiger charge is -2.25. The fourth-order valence-corrected chi connectivity index (χ4v) is 6.23. The summed E-state index contributed by atoms with van der Waals surface area (Å²) in [6, 6.07) is 26.0. The number of methoxy groups -OCH3 is 1. The van der Waals surface area contributed by atoms with Crippen LogP contribution in [0.5, 0.6) is 0 Å². The fraction of sp³-hybridized carbons (Fsp3) is 0.333. The third-order valence-electron chi connectivity index (χ3n) is 6.04. The van der Waals surface area contributed by atoms with Gasteiger partial charge >= 0.3 is 0 Å². The minimum absolute atomic E-state index is 0.133. The van der Waals surface area contributed by atoms with Crippen LogP contribution in [0.3, 0.4) is 0 Å². The molecule has 34 heavy (non-hydrogen) atoms. The molecule has 7 heteroatoms. The fourth-order valence-electron chi connectivity index (χ4n) is 4.25. The lowest BCUT2D eigenvalue weighted by atomic mass is 10.1. The van der Waals surface area contributed by atoms with E-state index in [4.69, 9.17) is 14.2 Å². The molecule has 1 fully saturated rings. The van der Waals surface area contributed by atoms with E-state index in [0.29, 0.717) is 13.2 Å². The van der Waals surface area contributed by atoms with Crippen LogP contribution in [0.25, 0.3) is 0 Å². The second-order valence-corrected chi connectivity index (χ2v) is 10.6. The van der Waals surface area contributed by atoms with Crippen molar-refractivity contribution in [3.05, 3.63) is 102 Å². The monoisotopic (exact) mass is 481 g/mol. The van der Waals surface area contributed by atoms with Crippen LogP contribution in [-0.2, 0) is 37.2 Å². The number of benzene rings is 3. The lowest BCUT2D eigenvalue weighted by molar-refractivity contribution is -0.136. The van der Waals surface area contributed by atoms with E-state index < -0.39 is 33.5 Å². The average Bonchev–Trinajstić information content (AvgIpc) is 3.22. The zero-order valence-electron chi connectivity index (χ0n) is 19.5. The molecule has 3 aromatic rings. The van der Waals surface area contributed by atoms with Crippen LogP contribution in [0.1, 0.15) is 16.7 Å². The van der Waals surface area contributed by atoms with E-state index >= 15 is 0 Å². The first-order chi connectivity index (χ1) is 16.5. The normalized spacial score (nSPS) is 22.6. The van der Waals surface area contributed by atoms with Crippen LogP contribution in [0, 0.1) is 6.92 Å². The topological polar surface area (TPSA) is 73.9 Å². The van der Waals surface area contributed by atoms with E-state index in [-0.39, 0.29) is 11.5 Å². The molecule has 4 rings (SSSR count). The number of aryl methyl sites for hydroxylation is 1. The molecule has 0 aliphatic carbocycles. The first-order valence-electron chi connectivity index (χ1n) is 11.4. The number of nitrogens with one attached hydrogen (secondary N) is 1. The van der Waals surface area contributed by atoms with Crippen molar-refractivity contribution in [2.75, 3.05) is 13.7 Å². The summed E-state index contributed by atoms with van der Waals surface area (Å²) in [6.45, 7) is 2.93. The molecule has 3 aromatic carbocycles. The minimum atomic E-state index is -3.74. The van der Waals surface area contributed by atoms with Gasteiger partial charge in [0, 0.05) is 13.7 Å². The second-order valence-electron chi connectivity index (χ2n) is 8.49. The van der Waals surface area contributed by atoms with Gasteiger partial charge in [-0.25, -0.2) is 8.42 Å². The molecule has 0 unspecified atom stereocenters. The lowest BCUT2D eigenvalue weighted by Crippen LogP contribution is -2.49. The van der Waals surface area contributed by atoms with Crippen molar-refractivity contribution in [2.45, 2.75) is 48.7 Å². The molecule has 6 nitrogen and oxygen atoms in total. The predicted octanol–water partition coefficient (Wildman–Crippen LogP) is 3.88. The highest BCUT2D eigenvalue weighted by Crippen LogP contribution is 2.32. The summed E-state index contributed by atoms with van der Waals surface area (Å²) in [5.74, 6) is 0. The average molecular weight is 482 g/mol. The van der Waals surface area contributed by atoms with Crippen LogP contribution in [-0.4, -0.2) is 45.8 Å². The SMILES string of the molecule is CO[C@H]1O[C@H](COCc2ccccc2)[C@@H](S(=O)(=O)c2ccc(C)cc2)[C@@H]1NCc1ccccc1. The van der Waals surface area contributed by atoms with Gasteiger partial charge in [0.25, 0.3) is 0 Å². The number of sulfone groups is 1. The van der Waals surface area contributed by atoms with Crippen molar-refractivity contribution in [1.82, 2.24) is 5.32 Å². The van der Waals surface area contributed by atoms with Crippen molar-refractivity contribution in [3.8, 4) is 0 Å². The maximum Gasteiger partial charge on any atom is 0.185 e. The van der Waals surface area contributed by atoms with E-state index in [1.807, 2.05) is 79.7 Å². The highest BCUT2D eigenvalue weighted by Gasteiger charge is 2.52. The second kappa shape index (κ2) is 11.3. The molecule has 1 N–H and O–H groups in total. The van der Waals surface area contributed by atoms with Gasteiger partial charge in [0.05, 0.1) is 24.2 Å². The molecular weight excluding hydrogens is 450 g/mol. The van der Waals surface area contributed by atoms with Gasteiger partial charge < -0.3 is 19.5 Å². The van der Waals surface area contributed by atoms with E-state index in [9.17, 15) is 8.42 Å². The number of rotatable bonds is 10. The molecule has 4 atom stereocenters. The summed E-state index contributed by atoms with van der Waals surface area (Å²) < 4.78 is 45.3. The smallest absolute Gasteiger partial charge is 0.185 e. The Bertz CT molecular complexity index is 1140. The highest BCUT2D eigenvalue weighted by molar-refractivity contribution is 7.92. The Balaban J connectivity index is 1.58. The molecule has 0 amide bonds. The standard InChI is InChI=1S/C27H31NO5S/c1-20-13-15-23(16-14-20)34(29,30)26-24(19-32-18-22-11-7-4-8-12-22)33-27(31-2)25(26)28-17-21-9-5-3-6-10-21/h3-16,24-28H,17-19H2,1-2H3/t24-,25+,26-,27+/m1/s1. The summed E-state index contributed by atoms with van der Waals surface area (Å²) in [5, 5.41) is 2.51. The summed E-state index contributed by atoms with van der Waals surface area (Å²) >= 11 is 0. The van der Waals surface area contributed by atoms with Gasteiger partial charge in [0.2, 0.25) is 0 Å². The largest absolute Gasteiger partial charge is 0.374 e. The molecule has 1 heterocycles. The Morgan fingerprint density at radius 3 is 2.12 bits per heavy atom. The predicted molar refractivity (Wildman–Crippen MR) is 131 cm³/mol. The third kappa shape index (κ3) is 5.74. The first kappa shape index (κ1) is 24.6. The molecule has 1 aliphatic rings. The molecule has 1 saturated heterocycles. The Kier molecular flexibility index (Phi) is 8.13. The van der Waals surface area contributed by atoms with Crippen molar-refractivity contribution < 1.29 is 22.6 Å². The van der Waals surface area contributed by atoms with Gasteiger partial charge in [0.1, 0.15) is 11.4 Å². The summed E-state index contributed by atoms with van der Waals surface area (Å²) in [7, 11) is -2.21. The van der Waals surface area contributed by atoms with E-state index in [0.717, 1.165) is 16.7 Å². The summed E-state index contributed by atoms with van der Waals surface area (Å²) in [5.41, 5.74) is 3.06. The Labute approximate surface area is 201 Å². The van der Waals surface area contributed by atoms with Gasteiger partial charge in [-0.3, -0.25) is 0 Å². The molecule has 1 aliphatic heterocycles. The van der Waals surface area contributed by atoms with Gasteiger partial charge in [-0.2, -0.15) is 0 Å². The molecule has 0 aromatic heterocycles. The van der Waals surface area contributed by atoms with Crippen molar-refractivity contribution in [1.29, 1.82) is 0 Å². The summed E-state index contributed by atoms with van der Waals surface area (Å²) in [6.07, 6.45) is -1.41. The Hall–Kier alpha value is -2.55. The minimum Gasteiger partial charge on any atom is -0.374 e. The highest BCUT2D eigenvalue weighted by atomic mass is 32.2. The Morgan fingerprint density at radius 2 is 1.50 bits per heavy atom. The summed E-state index contributed by atoms with van der Waals surface area (Å²) in [4.78, 5) is 0.267. The van der Waals surface area contributed by atoms with Crippen LogP contribution in [0.4, 0.5) is 0 Å². The molecular formula is C27H31NO5S. The molecule has 0 bridgehead atoms. The number of hydrogen-bond donors (Lipinski definition) is 1. The van der Waals surface area contributed by atoms with E-state index in [2.05, 4.69) is 5.32 Å². The van der Waals surface area contributed by atoms with Crippen molar-refractivity contribution in [3.63, 3.8) is 0 Å². The van der Waals surface area contributed by atoms with Gasteiger partial charge in [-0.1, -0.05) is 78.4 Å². The van der Waals surface area contributed by atoms with Crippen molar-refractivity contribution in [2.24, 2.45) is 0 Å². The number of hydrogen-bond acceptors (Lipinski definition) is 6. The van der Waals surface area contributed by atoms with Gasteiger partial charge in [0.15, 0.2) is 16.1 Å². The van der Waals surface area contributed by atoms with Crippen LogP contribution < -0.4 is 5.32 Å². The van der Waals surface area contributed by atoms with Crippen LogP contribution in [0.15, 0.2) is 89.8 Å². The zero-order valence-corrected chi connectivity index (χ0v) is 20.3. The van der Waals surface area contributed by atoms with E-state index in [1.165, 1.54) is 7.11 Å². The first-order valence-corrected chi connectivity index (χ1v) is 12.9. The van der Waals surface area contributed by atoms with Gasteiger partial charge in [-0.05, 0) is 30.2 Å².